The second-order valence-corrected chi connectivity index (χ2v) is 4.34. The van der Waals surface area contributed by atoms with Crippen LogP contribution in [0.3, 0.4) is 0 Å². The van der Waals surface area contributed by atoms with Crippen molar-refractivity contribution in [3.8, 4) is 11.6 Å². The molecule has 20 heavy (non-hydrogen) atoms. The summed E-state index contributed by atoms with van der Waals surface area (Å²) < 4.78 is 23.9. The van der Waals surface area contributed by atoms with E-state index in [2.05, 4.69) is 10.3 Å². The Kier molecular flexibility index (Phi) is 4.40. The SMILES string of the molecule is COc1ccc(C(C)Nc2ccc(OC)nc2)c(F)c1. The molecule has 0 amide bonds. The summed E-state index contributed by atoms with van der Waals surface area (Å²) in [5.41, 5.74) is 1.37. The Morgan fingerprint density at radius 3 is 2.50 bits per heavy atom. The van der Waals surface area contributed by atoms with E-state index in [9.17, 15) is 4.39 Å². The van der Waals surface area contributed by atoms with Crippen LogP contribution < -0.4 is 14.8 Å². The molecule has 1 N–H and O–H groups in total. The summed E-state index contributed by atoms with van der Waals surface area (Å²) in [6, 6.07) is 8.23. The van der Waals surface area contributed by atoms with E-state index in [4.69, 9.17) is 9.47 Å². The predicted molar refractivity (Wildman–Crippen MR) is 75.8 cm³/mol. The summed E-state index contributed by atoms with van der Waals surface area (Å²) in [6.07, 6.45) is 1.65. The van der Waals surface area contributed by atoms with Crippen LogP contribution in [0.15, 0.2) is 36.5 Å². The van der Waals surface area contributed by atoms with Crippen molar-refractivity contribution in [1.29, 1.82) is 0 Å². The highest BCUT2D eigenvalue weighted by molar-refractivity contribution is 5.45. The first-order valence-electron chi connectivity index (χ1n) is 6.24. The van der Waals surface area contributed by atoms with Gasteiger partial charge < -0.3 is 14.8 Å². The number of halogens is 1. The molecule has 2 aromatic rings. The molecule has 5 heteroatoms. The van der Waals surface area contributed by atoms with E-state index in [-0.39, 0.29) is 11.9 Å². The number of nitrogens with zero attached hydrogens (tertiary/aromatic N) is 1. The Hall–Kier alpha value is -2.30. The van der Waals surface area contributed by atoms with Gasteiger partial charge in [-0.3, -0.25) is 0 Å². The normalized spacial score (nSPS) is 11.8. The molecule has 0 radical (unpaired) electrons. The molecule has 1 aromatic heterocycles. The highest BCUT2D eigenvalue weighted by Crippen LogP contribution is 2.25. The molecule has 0 aliphatic rings. The third-order valence-electron chi connectivity index (χ3n) is 3.00. The third-order valence-corrected chi connectivity index (χ3v) is 3.00. The number of rotatable bonds is 5. The van der Waals surface area contributed by atoms with Gasteiger partial charge in [0.15, 0.2) is 0 Å². The third kappa shape index (κ3) is 3.17. The van der Waals surface area contributed by atoms with Crippen LogP contribution in [-0.2, 0) is 0 Å². The minimum Gasteiger partial charge on any atom is -0.497 e. The molecule has 1 heterocycles. The van der Waals surface area contributed by atoms with Gasteiger partial charge in [0.2, 0.25) is 5.88 Å². The number of pyridine rings is 1. The summed E-state index contributed by atoms with van der Waals surface area (Å²) in [6.45, 7) is 1.88. The minimum absolute atomic E-state index is 0.184. The number of benzene rings is 1. The minimum atomic E-state index is -0.300. The van der Waals surface area contributed by atoms with Gasteiger partial charge in [-0.25, -0.2) is 9.37 Å². The fourth-order valence-electron chi connectivity index (χ4n) is 1.90. The van der Waals surface area contributed by atoms with E-state index in [1.807, 2.05) is 13.0 Å². The number of methoxy groups -OCH3 is 2. The second-order valence-electron chi connectivity index (χ2n) is 4.34. The maximum Gasteiger partial charge on any atom is 0.213 e. The van der Waals surface area contributed by atoms with Gasteiger partial charge in [0.25, 0.3) is 0 Å². The molecule has 1 aromatic carbocycles. The lowest BCUT2D eigenvalue weighted by Gasteiger charge is -2.16. The van der Waals surface area contributed by atoms with Gasteiger partial charge in [-0.1, -0.05) is 6.07 Å². The van der Waals surface area contributed by atoms with E-state index in [1.165, 1.54) is 13.2 Å². The van der Waals surface area contributed by atoms with Gasteiger partial charge in [0.05, 0.1) is 32.1 Å². The van der Waals surface area contributed by atoms with Crippen molar-refractivity contribution in [2.45, 2.75) is 13.0 Å². The van der Waals surface area contributed by atoms with Crippen LogP contribution >= 0.6 is 0 Å². The van der Waals surface area contributed by atoms with Crippen molar-refractivity contribution in [2.24, 2.45) is 0 Å². The van der Waals surface area contributed by atoms with E-state index in [0.717, 1.165) is 5.69 Å². The number of hydrogen-bond acceptors (Lipinski definition) is 4. The smallest absolute Gasteiger partial charge is 0.213 e. The molecule has 0 bridgehead atoms. The number of anilines is 1. The van der Waals surface area contributed by atoms with Crippen molar-refractivity contribution in [1.82, 2.24) is 4.98 Å². The van der Waals surface area contributed by atoms with Gasteiger partial charge in [-0.2, -0.15) is 0 Å². The van der Waals surface area contributed by atoms with Gasteiger partial charge in [0, 0.05) is 17.7 Å². The first-order valence-corrected chi connectivity index (χ1v) is 6.24. The van der Waals surface area contributed by atoms with Crippen molar-refractivity contribution in [2.75, 3.05) is 19.5 Å². The van der Waals surface area contributed by atoms with E-state index in [1.54, 1.807) is 31.5 Å². The van der Waals surface area contributed by atoms with Crippen LogP contribution in [0.2, 0.25) is 0 Å². The van der Waals surface area contributed by atoms with Crippen molar-refractivity contribution in [3.05, 3.63) is 47.9 Å². The average Bonchev–Trinajstić information content (AvgIpc) is 2.47. The lowest BCUT2D eigenvalue weighted by Crippen LogP contribution is -2.09. The Balaban J connectivity index is 2.12. The highest BCUT2D eigenvalue weighted by atomic mass is 19.1. The Labute approximate surface area is 117 Å². The summed E-state index contributed by atoms with van der Waals surface area (Å²) >= 11 is 0. The Morgan fingerprint density at radius 1 is 1.15 bits per heavy atom. The number of ether oxygens (including phenoxy) is 2. The molecule has 0 spiro atoms. The van der Waals surface area contributed by atoms with E-state index in [0.29, 0.717) is 17.2 Å². The number of aromatic nitrogens is 1. The van der Waals surface area contributed by atoms with Crippen LogP contribution in [0, 0.1) is 5.82 Å². The summed E-state index contributed by atoms with van der Waals surface area (Å²) in [7, 11) is 3.07. The first-order chi connectivity index (χ1) is 9.63. The lowest BCUT2D eigenvalue weighted by atomic mass is 10.1. The molecule has 4 nitrogen and oxygen atoms in total. The largest absolute Gasteiger partial charge is 0.497 e. The van der Waals surface area contributed by atoms with Crippen LogP contribution in [-0.4, -0.2) is 19.2 Å². The van der Waals surface area contributed by atoms with Crippen molar-refractivity contribution < 1.29 is 13.9 Å². The van der Waals surface area contributed by atoms with Crippen molar-refractivity contribution in [3.63, 3.8) is 0 Å². The highest BCUT2D eigenvalue weighted by Gasteiger charge is 2.12. The summed E-state index contributed by atoms with van der Waals surface area (Å²) in [5.74, 6) is 0.745. The quantitative estimate of drug-likeness (QED) is 0.908. The molecule has 0 aliphatic carbocycles. The number of hydrogen-bond donors (Lipinski definition) is 1. The maximum absolute atomic E-state index is 14.0. The molecule has 0 aliphatic heterocycles. The van der Waals surface area contributed by atoms with Gasteiger partial charge in [-0.15, -0.1) is 0 Å². The van der Waals surface area contributed by atoms with Gasteiger partial charge >= 0.3 is 0 Å². The second kappa shape index (κ2) is 6.23. The Morgan fingerprint density at radius 2 is 1.95 bits per heavy atom. The van der Waals surface area contributed by atoms with E-state index >= 15 is 0 Å². The molecule has 0 saturated carbocycles. The van der Waals surface area contributed by atoms with Crippen LogP contribution in [0.5, 0.6) is 11.6 Å². The molecule has 106 valence electrons. The lowest BCUT2D eigenvalue weighted by molar-refractivity contribution is 0.398. The fraction of sp³-hybridized carbons (Fsp3) is 0.267. The van der Waals surface area contributed by atoms with Crippen molar-refractivity contribution >= 4 is 5.69 Å². The summed E-state index contributed by atoms with van der Waals surface area (Å²) in [5, 5.41) is 3.19. The molecular formula is C15H17FN2O2. The van der Waals surface area contributed by atoms with Gasteiger partial charge in [-0.05, 0) is 19.1 Å². The number of nitrogens with one attached hydrogen (secondary N) is 1. The zero-order chi connectivity index (χ0) is 14.5. The Bertz CT molecular complexity index is 573. The molecule has 0 saturated heterocycles. The van der Waals surface area contributed by atoms with E-state index < -0.39 is 0 Å². The standard InChI is InChI=1S/C15H17FN2O2/c1-10(13-6-5-12(19-2)8-14(13)16)18-11-4-7-15(20-3)17-9-11/h4-10,18H,1-3H3. The monoisotopic (exact) mass is 276 g/mol. The first kappa shape index (κ1) is 14.1. The molecular weight excluding hydrogens is 259 g/mol. The average molecular weight is 276 g/mol. The molecule has 0 fully saturated rings. The molecule has 1 unspecified atom stereocenters. The predicted octanol–water partition coefficient (Wildman–Crippen LogP) is 3.41. The zero-order valence-corrected chi connectivity index (χ0v) is 11.7. The topological polar surface area (TPSA) is 43.4 Å². The van der Waals surface area contributed by atoms with Crippen LogP contribution in [0.4, 0.5) is 10.1 Å². The molecule has 2 rings (SSSR count). The van der Waals surface area contributed by atoms with Crippen LogP contribution in [0.25, 0.3) is 0 Å². The fourth-order valence-corrected chi connectivity index (χ4v) is 1.90. The summed E-state index contributed by atoms with van der Waals surface area (Å²) in [4.78, 5) is 4.10. The zero-order valence-electron chi connectivity index (χ0n) is 11.7. The maximum atomic E-state index is 14.0. The van der Waals surface area contributed by atoms with Gasteiger partial charge in [0.1, 0.15) is 11.6 Å². The van der Waals surface area contributed by atoms with Crippen LogP contribution in [0.1, 0.15) is 18.5 Å². The molecule has 1 atom stereocenters.